The molecule has 5 rings (SSSR count). The summed E-state index contributed by atoms with van der Waals surface area (Å²) in [5.41, 5.74) is 5.02. The SMILES string of the molecule is F.F.O=C(O)Nc1cc(CCCCOc2cccc(CNC[C@H](O)c3ccc(O)c4[nH]c(=O)ccc34)c2)ccc1-c1ccccc1. The fraction of sp³-hybridized carbons (Fsp3) is 0.200. The number of phenols is 1. The molecule has 0 aliphatic rings. The Morgan fingerprint density at radius 2 is 1.67 bits per heavy atom. The lowest BCUT2D eigenvalue weighted by atomic mass is 9.99. The summed E-state index contributed by atoms with van der Waals surface area (Å²) in [6, 6.07) is 29.5. The van der Waals surface area contributed by atoms with Crippen LogP contribution < -0.4 is 20.9 Å². The van der Waals surface area contributed by atoms with E-state index in [0.29, 0.717) is 35.3 Å². The zero-order chi connectivity index (χ0) is 30.9. The molecule has 5 aromatic rings. The molecule has 0 aliphatic heterocycles. The summed E-state index contributed by atoms with van der Waals surface area (Å²) in [4.78, 5) is 25.6. The molecule has 46 heavy (non-hydrogen) atoms. The number of aryl methyl sites for hydroxylation is 1. The first-order chi connectivity index (χ1) is 21.4. The summed E-state index contributed by atoms with van der Waals surface area (Å²) in [5.74, 6) is 0.719. The molecule has 9 nitrogen and oxygen atoms in total. The maximum atomic E-state index is 11.7. The highest BCUT2D eigenvalue weighted by molar-refractivity contribution is 5.91. The van der Waals surface area contributed by atoms with Crippen molar-refractivity contribution in [2.45, 2.75) is 31.9 Å². The van der Waals surface area contributed by atoms with Crippen molar-refractivity contribution < 1.29 is 34.3 Å². The van der Waals surface area contributed by atoms with Crippen LogP contribution in [-0.4, -0.2) is 39.5 Å². The molecule has 242 valence electrons. The number of carboxylic acid groups (broad SMARTS) is 1. The van der Waals surface area contributed by atoms with E-state index >= 15 is 0 Å². The van der Waals surface area contributed by atoms with Crippen LogP contribution in [0.3, 0.4) is 0 Å². The molecule has 11 heteroatoms. The number of halogens is 2. The van der Waals surface area contributed by atoms with Crippen molar-refractivity contribution in [3.63, 3.8) is 0 Å². The number of unbranched alkanes of at least 4 members (excludes halogenated alkanes) is 1. The summed E-state index contributed by atoms with van der Waals surface area (Å²) < 4.78 is 5.98. The summed E-state index contributed by atoms with van der Waals surface area (Å²) in [5, 5.41) is 36.6. The van der Waals surface area contributed by atoms with Gasteiger partial charge in [-0.1, -0.05) is 60.7 Å². The number of aliphatic hydroxyl groups is 1. The number of benzene rings is 4. The minimum absolute atomic E-state index is 0. The van der Waals surface area contributed by atoms with Crippen LogP contribution in [0.4, 0.5) is 19.9 Å². The molecule has 1 atom stereocenters. The van der Waals surface area contributed by atoms with Crippen LogP contribution in [0.1, 0.15) is 35.6 Å². The summed E-state index contributed by atoms with van der Waals surface area (Å²) in [6.07, 6.45) is 0.587. The van der Waals surface area contributed by atoms with E-state index in [1.165, 1.54) is 12.1 Å². The highest BCUT2D eigenvalue weighted by atomic mass is 19.0. The molecule has 0 saturated carbocycles. The van der Waals surface area contributed by atoms with Crippen molar-refractivity contribution in [1.82, 2.24) is 10.3 Å². The molecule has 6 N–H and O–H groups in total. The lowest BCUT2D eigenvalue weighted by molar-refractivity contribution is 0.176. The van der Waals surface area contributed by atoms with Gasteiger partial charge in [0.1, 0.15) is 11.5 Å². The molecule has 0 saturated heterocycles. The number of amides is 1. The highest BCUT2D eigenvalue weighted by Crippen LogP contribution is 2.30. The Kier molecular flexibility index (Phi) is 12.8. The van der Waals surface area contributed by atoms with Crippen molar-refractivity contribution in [3.05, 3.63) is 124 Å². The summed E-state index contributed by atoms with van der Waals surface area (Å²) >= 11 is 0. The zero-order valence-electron chi connectivity index (χ0n) is 24.9. The maximum Gasteiger partial charge on any atom is 0.409 e. The van der Waals surface area contributed by atoms with Gasteiger partial charge in [0.2, 0.25) is 5.56 Å². The molecule has 0 spiro atoms. The molecule has 0 unspecified atom stereocenters. The second-order valence-corrected chi connectivity index (χ2v) is 10.6. The standard InChI is InChI=1S/C35H35N3O6.2FH/c39-31-16-14-28(29-15-17-33(41)38-34(29)31)32(40)22-36-21-24-8-6-11-26(19-24)44-18-5-4-7-23-12-13-27(25-9-2-1-3-10-25)30(20-23)37-35(42)43;;/h1-3,6,8-17,19-20,32,36-37,39-40H,4-5,7,18,21-22H2,(H,38,41)(H,42,43);2*1H/t32-;;/m0../s1. The molecule has 1 aromatic heterocycles. The number of aliphatic hydroxyl groups excluding tert-OH is 1. The van der Waals surface area contributed by atoms with Gasteiger partial charge in [-0.05, 0) is 71.8 Å². The van der Waals surface area contributed by atoms with Gasteiger partial charge >= 0.3 is 6.09 Å². The maximum absolute atomic E-state index is 11.7. The van der Waals surface area contributed by atoms with Gasteiger partial charge in [-0.3, -0.25) is 19.5 Å². The summed E-state index contributed by atoms with van der Waals surface area (Å²) in [6.45, 7) is 1.35. The second-order valence-electron chi connectivity index (χ2n) is 10.6. The van der Waals surface area contributed by atoms with E-state index in [4.69, 9.17) is 4.74 Å². The number of anilines is 1. The predicted octanol–water partition coefficient (Wildman–Crippen LogP) is 6.52. The molecule has 0 fully saturated rings. The van der Waals surface area contributed by atoms with E-state index in [9.17, 15) is 24.9 Å². The number of H-pyrrole nitrogens is 1. The van der Waals surface area contributed by atoms with Crippen LogP contribution >= 0.6 is 0 Å². The lowest BCUT2D eigenvalue weighted by Crippen LogP contribution is -2.21. The van der Waals surface area contributed by atoms with Crippen LogP contribution in [0.15, 0.2) is 102 Å². The summed E-state index contributed by atoms with van der Waals surface area (Å²) in [7, 11) is 0. The largest absolute Gasteiger partial charge is 0.506 e. The van der Waals surface area contributed by atoms with E-state index in [2.05, 4.69) is 15.6 Å². The fourth-order valence-corrected chi connectivity index (χ4v) is 5.21. The zero-order valence-corrected chi connectivity index (χ0v) is 24.9. The molecule has 0 radical (unpaired) electrons. The topological polar surface area (TPSA) is 144 Å². The predicted molar refractivity (Wildman–Crippen MR) is 176 cm³/mol. The normalized spacial score (nSPS) is 11.2. The van der Waals surface area contributed by atoms with E-state index < -0.39 is 12.2 Å². The Labute approximate surface area is 264 Å². The Bertz CT molecular complexity index is 1800. The van der Waals surface area contributed by atoms with E-state index in [1.807, 2.05) is 72.8 Å². The number of aromatic hydroxyl groups is 1. The smallest absolute Gasteiger partial charge is 0.409 e. The third kappa shape index (κ3) is 9.13. The van der Waals surface area contributed by atoms with Crippen molar-refractivity contribution in [2.24, 2.45) is 0 Å². The van der Waals surface area contributed by atoms with Gasteiger partial charge in [-0.2, -0.15) is 0 Å². The number of ether oxygens (including phenoxy) is 1. The molecule has 0 aliphatic carbocycles. The molecule has 1 heterocycles. The first-order valence-corrected chi connectivity index (χ1v) is 14.5. The number of aromatic amines is 1. The number of fused-ring (bicyclic) bond motifs is 1. The van der Waals surface area contributed by atoms with Gasteiger partial charge in [0.25, 0.3) is 0 Å². The molecule has 0 bridgehead atoms. The monoisotopic (exact) mass is 633 g/mol. The van der Waals surface area contributed by atoms with Gasteiger partial charge < -0.3 is 30.4 Å². The van der Waals surface area contributed by atoms with Crippen LogP contribution in [0, 0.1) is 0 Å². The molecule has 4 aromatic carbocycles. The molecular formula is C35H37F2N3O6. The number of nitrogens with one attached hydrogen (secondary N) is 3. The Morgan fingerprint density at radius 1 is 0.870 bits per heavy atom. The van der Waals surface area contributed by atoms with Gasteiger partial charge in [0, 0.05) is 30.1 Å². The number of phenolic OH excluding ortho intramolecular Hbond substituents is 1. The van der Waals surface area contributed by atoms with Crippen molar-refractivity contribution in [3.8, 4) is 22.6 Å². The number of hydrogen-bond acceptors (Lipinski definition) is 6. The lowest BCUT2D eigenvalue weighted by Gasteiger charge is -2.15. The van der Waals surface area contributed by atoms with Gasteiger partial charge in [0.05, 0.1) is 23.9 Å². The van der Waals surface area contributed by atoms with Crippen molar-refractivity contribution in [1.29, 1.82) is 0 Å². The number of rotatable bonds is 13. The minimum atomic E-state index is -1.09. The van der Waals surface area contributed by atoms with Crippen LogP contribution in [0.5, 0.6) is 11.5 Å². The Morgan fingerprint density at radius 3 is 2.46 bits per heavy atom. The average Bonchev–Trinajstić information content (AvgIpc) is 3.02. The van der Waals surface area contributed by atoms with Crippen LogP contribution in [0.2, 0.25) is 0 Å². The first kappa shape index (κ1) is 35.2. The third-order valence-electron chi connectivity index (χ3n) is 7.37. The Balaban J connectivity index is 0.00000288. The molecular weight excluding hydrogens is 596 g/mol. The number of hydrogen-bond donors (Lipinski definition) is 6. The van der Waals surface area contributed by atoms with Crippen LogP contribution in [0.25, 0.3) is 22.0 Å². The van der Waals surface area contributed by atoms with Gasteiger partial charge in [-0.15, -0.1) is 0 Å². The van der Waals surface area contributed by atoms with E-state index in [1.54, 1.807) is 12.1 Å². The first-order valence-electron chi connectivity index (χ1n) is 14.5. The number of carbonyl (C=O) groups is 1. The average molecular weight is 634 g/mol. The Hall–Kier alpha value is -5.26. The quantitative estimate of drug-likeness (QED) is 0.0810. The van der Waals surface area contributed by atoms with Gasteiger partial charge in [0.15, 0.2) is 0 Å². The molecule has 1 amide bonds. The third-order valence-corrected chi connectivity index (χ3v) is 7.37. The number of pyridine rings is 1. The van der Waals surface area contributed by atoms with E-state index in [0.717, 1.165) is 47.3 Å². The van der Waals surface area contributed by atoms with Gasteiger partial charge in [-0.25, -0.2) is 4.79 Å². The van der Waals surface area contributed by atoms with Crippen molar-refractivity contribution >= 4 is 22.7 Å². The highest BCUT2D eigenvalue weighted by Gasteiger charge is 2.14. The van der Waals surface area contributed by atoms with Crippen LogP contribution in [-0.2, 0) is 13.0 Å². The fourth-order valence-electron chi connectivity index (χ4n) is 5.21. The van der Waals surface area contributed by atoms with E-state index in [-0.39, 0.29) is 27.3 Å². The van der Waals surface area contributed by atoms with Crippen molar-refractivity contribution in [2.75, 3.05) is 18.5 Å². The minimum Gasteiger partial charge on any atom is -0.506 e. The number of aromatic nitrogens is 1. The second kappa shape index (κ2) is 16.7.